The van der Waals surface area contributed by atoms with E-state index in [0.29, 0.717) is 31.0 Å². The zero-order valence-corrected chi connectivity index (χ0v) is 11.2. The van der Waals surface area contributed by atoms with Crippen LogP contribution in [0.5, 0.6) is 0 Å². The van der Waals surface area contributed by atoms with Gasteiger partial charge < -0.3 is 10.6 Å². The van der Waals surface area contributed by atoms with Crippen molar-refractivity contribution in [3.05, 3.63) is 29.3 Å². The topological polar surface area (TPSA) is 46.3 Å². The Morgan fingerprint density at radius 2 is 1.65 bits per heavy atom. The Kier molecular flexibility index (Phi) is 3.36. The third kappa shape index (κ3) is 2.92. The van der Waals surface area contributed by atoms with Crippen molar-refractivity contribution in [1.29, 1.82) is 0 Å². The number of anilines is 1. The standard InChI is InChI=1S/C15H18F2N2O/c16-12-6-13(17)14(18)5-11(12)15(20)19(7-9-1-2-9)8-10-3-4-10/h5-6,9-10H,1-4,7-8,18H2. The first-order valence-electron chi connectivity index (χ1n) is 7.08. The quantitative estimate of drug-likeness (QED) is 0.843. The molecule has 0 heterocycles. The Labute approximate surface area is 116 Å². The van der Waals surface area contributed by atoms with Gasteiger partial charge in [0.25, 0.3) is 5.91 Å². The highest BCUT2D eigenvalue weighted by Gasteiger charge is 2.32. The number of benzene rings is 1. The highest BCUT2D eigenvalue weighted by Crippen LogP contribution is 2.34. The van der Waals surface area contributed by atoms with Gasteiger partial charge in [0.15, 0.2) is 0 Å². The molecule has 0 spiro atoms. The van der Waals surface area contributed by atoms with Crippen LogP contribution in [0.3, 0.4) is 0 Å². The minimum atomic E-state index is -0.835. The van der Waals surface area contributed by atoms with Crippen LogP contribution < -0.4 is 5.73 Å². The summed E-state index contributed by atoms with van der Waals surface area (Å²) in [5.74, 6) is -0.946. The second-order valence-electron chi connectivity index (χ2n) is 5.95. The molecule has 3 rings (SSSR count). The molecule has 2 fully saturated rings. The van der Waals surface area contributed by atoms with Crippen molar-refractivity contribution in [2.45, 2.75) is 25.7 Å². The first kappa shape index (κ1) is 13.3. The van der Waals surface area contributed by atoms with E-state index in [-0.39, 0.29) is 17.2 Å². The summed E-state index contributed by atoms with van der Waals surface area (Å²) in [6.07, 6.45) is 4.51. The molecule has 2 aliphatic rings. The molecule has 0 bridgehead atoms. The van der Waals surface area contributed by atoms with Crippen LogP contribution in [-0.2, 0) is 0 Å². The SMILES string of the molecule is Nc1cc(C(=O)N(CC2CC2)CC2CC2)c(F)cc1F. The number of nitrogens with two attached hydrogens (primary N) is 1. The molecule has 0 saturated heterocycles. The van der Waals surface area contributed by atoms with Gasteiger partial charge in [0.05, 0.1) is 11.3 Å². The Hall–Kier alpha value is -1.65. The summed E-state index contributed by atoms with van der Waals surface area (Å²) >= 11 is 0. The fourth-order valence-corrected chi connectivity index (χ4v) is 2.36. The van der Waals surface area contributed by atoms with Crippen molar-refractivity contribution in [2.75, 3.05) is 18.8 Å². The molecule has 0 unspecified atom stereocenters. The van der Waals surface area contributed by atoms with Crippen molar-refractivity contribution in [1.82, 2.24) is 4.90 Å². The predicted molar refractivity (Wildman–Crippen MR) is 72.1 cm³/mol. The molecule has 0 radical (unpaired) electrons. The maximum atomic E-state index is 13.8. The van der Waals surface area contributed by atoms with E-state index in [1.54, 1.807) is 4.90 Å². The van der Waals surface area contributed by atoms with E-state index in [2.05, 4.69) is 0 Å². The summed E-state index contributed by atoms with van der Waals surface area (Å²) in [5.41, 5.74) is 5.13. The van der Waals surface area contributed by atoms with Gasteiger partial charge in [-0.15, -0.1) is 0 Å². The summed E-state index contributed by atoms with van der Waals surface area (Å²) in [7, 11) is 0. The van der Waals surface area contributed by atoms with Crippen LogP contribution in [0.4, 0.5) is 14.5 Å². The van der Waals surface area contributed by atoms with Gasteiger partial charge in [0, 0.05) is 19.2 Å². The molecule has 108 valence electrons. The van der Waals surface area contributed by atoms with Gasteiger partial charge in [-0.3, -0.25) is 4.79 Å². The summed E-state index contributed by atoms with van der Waals surface area (Å²) in [5, 5.41) is 0. The molecule has 1 aromatic carbocycles. The van der Waals surface area contributed by atoms with Gasteiger partial charge in [-0.2, -0.15) is 0 Å². The second kappa shape index (κ2) is 5.04. The Bertz CT molecular complexity index is 525. The minimum Gasteiger partial charge on any atom is -0.396 e. The lowest BCUT2D eigenvalue weighted by Gasteiger charge is -2.23. The van der Waals surface area contributed by atoms with Crippen LogP contribution in [-0.4, -0.2) is 23.9 Å². The number of nitrogen functional groups attached to an aromatic ring is 1. The largest absolute Gasteiger partial charge is 0.396 e. The van der Waals surface area contributed by atoms with Crippen LogP contribution >= 0.6 is 0 Å². The predicted octanol–water partition coefficient (Wildman–Crippen LogP) is 2.81. The third-order valence-electron chi connectivity index (χ3n) is 3.96. The molecule has 3 nitrogen and oxygen atoms in total. The molecule has 0 aromatic heterocycles. The van der Waals surface area contributed by atoms with Gasteiger partial charge in [-0.25, -0.2) is 8.78 Å². The second-order valence-corrected chi connectivity index (χ2v) is 5.95. The smallest absolute Gasteiger partial charge is 0.256 e. The van der Waals surface area contributed by atoms with Crippen molar-refractivity contribution in [3.63, 3.8) is 0 Å². The first-order chi connectivity index (χ1) is 9.54. The molecule has 2 saturated carbocycles. The third-order valence-corrected chi connectivity index (χ3v) is 3.96. The average molecular weight is 280 g/mol. The van der Waals surface area contributed by atoms with Crippen molar-refractivity contribution in [2.24, 2.45) is 11.8 Å². The molecule has 1 aromatic rings. The van der Waals surface area contributed by atoms with Crippen molar-refractivity contribution < 1.29 is 13.6 Å². The van der Waals surface area contributed by atoms with Gasteiger partial charge in [0.2, 0.25) is 0 Å². The first-order valence-corrected chi connectivity index (χ1v) is 7.08. The van der Waals surface area contributed by atoms with Gasteiger partial charge >= 0.3 is 0 Å². The van der Waals surface area contributed by atoms with E-state index in [0.717, 1.165) is 31.7 Å². The van der Waals surface area contributed by atoms with E-state index in [9.17, 15) is 13.6 Å². The summed E-state index contributed by atoms with van der Waals surface area (Å²) in [4.78, 5) is 14.2. The van der Waals surface area contributed by atoms with E-state index in [4.69, 9.17) is 5.73 Å². The lowest BCUT2D eigenvalue weighted by molar-refractivity contribution is 0.0735. The number of rotatable bonds is 5. The monoisotopic (exact) mass is 280 g/mol. The molecule has 0 aliphatic heterocycles. The summed E-state index contributed by atoms with van der Waals surface area (Å²) in [6.45, 7) is 1.35. The normalized spacial score (nSPS) is 18.1. The van der Waals surface area contributed by atoms with Gasteiger partial charge in [0.1, 0.15) is 11.6 Å². The zero-order valence-electron chi connectivity index (χ0n) is 11.2. The Morgan fingerprint density at radius 1 is 1.10 bits per heavy atom. The average Bonchev–Trinajstić information content (AvgIpc) is 3.27. The van der Waals surface area contributed by atoms with Crippen LogP contribution in [0.25, 0.3) is 0 Å². The Balaban J connectivity index is 1.81. The lowest BCUT2D eigenvalue weighted by atomic mass is 10.1. The highest BCUT2D eigenvalue weighted by atomic mass is 19.1. The van der Waals surface area contributed by atoms with E-state index < -0.39 is 11.6 Å². The fraction of sp³-hybridized carbons (Fsp3) is 0.533. The fourth-order valence-electron chi connectivity index (χ4n) is 2.36. The van der Waals surface area contributed by atoms with Crippen LogP contribution in [0.15, 0.2) is 12.1 Å². The van der Waals surface area contributed by atoms with E-state index >= 15 is 0 Å². The number of amides is 1. The van der Waals surface area contributed by atoms with Crippen molar-refractivity contribution >= 4 is 11.6 Å². The lowest BCUT2D eigenvalue weighted by Crippen LogP contribution is -2.35. The molecule has 2 N–H and O–H groups in total. The molecular formula is C15H18F2N2O. The van der Waals surface area contributed by atoms with Gasteiger partial charge in [-0.1, -0.05) is 0 Å². The van der Waals surface area contributed by atoms with E-state index in [1.807, 2.05) is 0 Å². The van der Waals surface area contributed by atoms with Crippen LogP contribution in [0, 0.1) is 23.5 Å². The molecule has 1 amide bonds. The summed E-state index contributed by atoms with van der Waals surface area (Å²) < 4.78 is 27.0. The van der Waals surface area contributed by atoms with E-state index in [1.165, 1.54) is 0 Å². The van der Waals surface area contributed by atoms with Gasteiger partial charge in [-0.05, 0) is 43.6 Å². The number of carbonyl (C=O) groups excluding carboxylic acids is 1. The number of nitrogens with zero attached hydrogens (tertiary/aromatic N) is 1. The molecular weight excluding hydrogens is 262 g/mol. The molecule has 5 heteroatoms. The molecule has 20 heavy (non-hydrogen) atoms. The summed E-state index contributed by atoms with van der Waals surface area (Å²) in [6, 6.07) is 1.80. The van der Waals surface area contributed by atoms with Crippen LogP contribution in [0.2, 0.25) is 0 Å². The highest BCUT2D eigenvalue weighted by molar-refractivity contribution is 5.95. The number of halogens is 2. The number of hydrogen-bond donors (Lipinski definition) is 1. The molecule has 2 aliphatic carbocycles. The van der Waals surface area contributed by atoms with Crippen molar-refractivity contribution in [3.8, 4) is 0 Å². The minimum absolute atomic E-state index is 0.120. The zero-order chi connectivity index (χ0) is 14.3. The maximum Gasteiger partial charge on any atom is 0.256 e. The van der Waals surface area contributed by atoms with Crippen LogP contribution in [0.1, 0.15) is 36.0 Å². The number of carbonyl (C=O) groups is 1. The number of hydrogen-bond acceptors (Lipinski definition) is 2. The Morgan fingerprint density at radius 3 is 2.15 bits per heavy atom. The molecule has 0 atom stereocenters. The maximum absolute atomic E-state index is 13.8.